The monoisotopic (exact) mass is 575 g/mol. The molecule has 0 spiro atoms. The molecular formula is C31H29NO2S4. The van der Waals surface area contributed by atoms with E-state index in [9.17, 15) is 0 Å². The zero-order valence-electron chi connectivity index (χ0n) is 21.3. The predicted octanol–water partition coefficient (Wildman–Crippen LogP) is 9.10. The van der Waals surface area contributed by atoms with E-state index in [1.165, 1.54) is 26.5 Å². The summed E-state index contributed by atoms with van der Waals surface area (Å²) in [5.74, 6) is 0. The third-order valence-electron chi connectivity index (χ3n) is 5.62. The highest BCUT2D eigenvalue weighted by Crippen LogP contribution is 2.37. The molecule has 0 aliphatic rings. The zero-order valence-corrected chi connectivity index (χ0v) is 24.6. The normalized spacial score (nSPS) is 10.6. The quantitative estimate of drug-likeness (QED) is 0.149. The Morgan fingerprint density at radius 1 is 0.605 bits per heavy atom. The van der Waals surface area contributed by atoms with Crippen molar-refractivity contribution in [3.8, 4) is 0 Å². The number of ether oxygens (including phenoxy) is 2. The van der Waals surface area contributed by atoms with Gasteiger partial charge in [-0.15, -0.1) is 0 Å². The molecule has 0 bridgehead atoms. The second-order valence-electron chi connectivity index (χ2n) is 8.84. The highest BCUT2D eigenvalue weighted by Gasteiger charge is 2.04. The largest absolute Gasteiger partial charge is 0.482 e. The Kier molecular flexibility index (Phi) is 10.6. The van der Waals surface area contributed by atoms with Crippen LogP contribution < -0.4 is 5.32 Å². The van der Waals surface area contributed by atoms with E-state index in [1.807, 2.05) is 24.3 Å². The van der Waals surface area contributed by atoms with Crippen LogP contribution in [0, 0.1) is 13.8 Å². The van der Waals surface area contributed by atoms with Crippen LogP contribution in [0.4, 0.5) is 5.69 Å². The topological polar surface area (TPSA) is 30.5 Å². The lowest BCUT2D eigenvalue weighted by Crippen LogP contribution is -2.13. The van der Waals surface area contributed by atoms with Crippen LogP contribution in [0.15, 0.2) is 107 Å². The molecule has 4 rings (SSSR count). The molecule has 0 aromatic heterocycles. The summed E-state index contributed by atoms with van der Waals surface area (Å²) in [4.78, 5) is 2.36. The van der Waals surface area contributed by atoms with E-state index in [0.717, 1.165) is 16.8 Å². The van der Waals surface area contributed by atoms with Crippen molar-refractivity contribution >= 4 is 61.9 Å². The van der Waals surface area contributed by atoms with Crippen LogP contribution in [-0.2, 0) is 29.1 Å². The first-order chi connectivity index (χ1) is 18.4. The van der Waals surface area contributed by atoms with Crippen LogP contribution >= 0.6 is 46.0 Å². The fraction of sp³-hybridized carbons (Fsp3) is 0.161. The Morgan fingerprint density at radius 2 is 1.05 bits per heavy atom. The van der Waals surface area contributed by atoms with Crippen molar-refractivity contribution in [3.05, 3.63) is 125 Å². The molecule has 0 saturated carbocycles. The Labute approximate surface area is 243 Å². The minimum atomic E-state index is 0.366. The lowest BCUT2D eigenvalue weighted by molar-refractivity contribution is 0.295. The molecule has 0 amide bonds. The van der Waals surface area contributed by atoms with Crippen molar-refractivity contribution in [2.75, 3.05) is 5.32 Å². The van der Waals surface area contributed by atoms with Crippen LogP contribution in [0.5, 0.6) is 0 Å². The Hall–Kier alpha value is -2.84. The van der Waals surface area contributed by atoms with Gasteiger partial charge >= 0.3 is 0 Å². The molecule has 0 saturated heterocycles. The van der Waals surface area contributed by atoms with Crippen LogP contribution in [0.2, 0.25) is 0 Å². The summed E-state index contributed by atoms with van der Waals surface area (Å²) < 4.78 is 11.5. The highest BCUT2D eigenvalue weighted by molar-refractivity contribution is 8.76. The summed E-state index contributed by atoms with van der Waals surface area (Å²) in [7, 11) is 3.45. The lowest BCUT2D eigenvalue weighted by Gasteiger charge is -2.10. The molecule has 0 unspecified atom stereocenters. The van der Waals surface area contributed by atoms with E-state index < -0.39 is 0 Å². The van der Waals surface area contributed by atoms with E-state index in [1.54, 1.807) is 21.6 Å². The lowest BCUT2D eigenvalue weighted by atomic mass is 10.1. The van der Waals surface area contributed by atoms with Crippen LogP contribution in [0.1, 0.15) is 27.8 Å². The Bertz CT molecular complexity index is 1230. The molecule has 7 heteroatoms. The van der Waals surface area contributed by atoms with Crippen molar-refractivity contribution in [2.45, 2.75) is 43.3 Å². The van der Waals surface area contributed by atoms with Gasteiger partial charge in [0.2, 0.25) is 0 Å². The van der Waals surface area contributed by atoms with Gasteiger partial charge < -0.3 is 14.8 Å². The molecule has 0 aliphatic heterocycles. The molecule has 4 aromatic rings. The summed E-state index contributed by atoms with van der Waals surface area (Å²) in [6.45, 7) is 5.04. The van der Waals surface area contributed by atoms with Gasteiger partial charge in [0.1, 0.15) is 13.2 Å². The van der Waals surface area contributed by atoms with Gasteiger partial charge in [0.15, 0.2) is 5.05 Å². The van der Waals surface area contributed by atoms with Gasteiger partial charge in [-0.3, -0.25) is 0 Å². The van der Waals surface area contributed by atoms with Gasteiger partial charge in [-0.1, -0.05) is 93.4 Å². The first-order valence-electron chi connectivity index (χ1n) is 12.2. The number of anilines is 1. The maximum Gasteiger partial charge on any atom is 0.261 e. The SMILES string of the molecule is Cc1ccc(CC(=S)OCc2ccc(SSc3ccc(COC(=S)Nc4ccc(C)cc4)cc3)cc2)cc1. The van der Waals surface area contributed by atoms with Gasteiger partial charge in [-0.25, -0.2) is 0 Å². The predicted molar refractivity (Wildman–Crippen MR) is 169 cm³/mol. The molecule has 194 valence electrons. The van der Waals surface area contributed by atoms with Crippen molar-refractivity contribution < 1.29 is 9.47 Å². The molecule has 4 aromatic carbocycles. The van der Waals surface area contributed by atoms with Gasteiger partial charge in [0.25, 0.3) is 5.17 Å². The molecule has 0 aliphatic carbocycles. The number of hydrogen-bond acceptors (Lipinski definition) is 6. The van der Waals surface area contributed by atoms with Crippen LogP contribution in [0.3, 0.4) is 0 Å². The number of benzene rings is 4. The minimum Gasteiger partial charge on any atom is -0.482 e. The summed E-state index contributed by atoms with van der Waals surface area (Å²) in [5, 5.41) is 4.08. The second kappa shape index (κ2) is 14.4. The third-order valence-corrected chi connectivity index (χ3v) is 8.52. The molecule has 38 heavy (non-hydrogen) atoms. The molecule has 0 fully saturated rings. The maximum absolute atomic E-state index is 5.81. The number of rotatable bonds is 10. The van der Waals surface area contributed by atoms with Gasteiger partial charge in [-0.2, -0.15) is 0 Å². The van der Waals surface area contributed by atoms with E-state index in [0.29, 0.717) is 29.9 Å². The first kappa shape index (κ1) is 28.2. The summed E-state index contributed by atoms with van der Waals surface area (Å²) in [6, 6.07) is 33.2. The molecular weight excluding hydrogens is 547 g/mol. The molecule has 0 heterocycles. The van der Waals surface area contributed by atoms with E-state index in [2.05, 4.69) is 92.0 Å². The molecule has 3 nitrogen and oxygen atoms in total. The summed E-state index contributed by atoms with van der Waals surface area (Å²) in [5.41, 5.74) is 6.71. The minimum absolute atomic E-state index is 0.366. The third kappa shape index (κ3) is 9.48. The highest BCUT2D eigenvalue weighted by atomic mass is 33.1. The molecule has 0 radical (unpaired) electrons. The average Bonchev–Trinajstić information content (AvgIpc) is 2.93. The fourth-order valence-electron chi connectivity index (χ4n) is 3.41. The standard InChI is InChI=1S/C31H29NO2S4/c1-22-3-7-24(8-4-22)19-30(35)33-20-25-9-15-28(16-10-25)37-38-29-17-11-26(12-18-29)21-34-31(36)32-27-13-5-23(2)6-14-27/h3-18H,19-21H2,1-2H3,(H,32,36). The van der Waals surface area contributed by atoms with Crippen molar-refractivity contribution in [2.24, 2.45) is 0 Å². The van der Waals surface area contributed by atoms with Crippen molar-refractivity contribution in [1.29, 1.82) is 0 Å². The van der Waals surface area contributed by atoms with E-state index >= 15 is 0 Å². The fourth-order valence-corrected chi connectivity index (χ4v) is 5.74. The number of aryl methyl sites for hydroxylation is 2. The summed E-state index contributed by atoms with van der Waals surface area (Å²) >= 11 is 10.7. The number of hydrogen-bond donors (Lipinski definition) is 1. The Morgan fingerprint density at radius 3 is 1.58 bits per heavy atom. The number of thiocarbonyl (C=S) groups is 2. The zero-order chi connectivity index (χ0) is 26.7. The van der Waals surface area contributed by atoms with Crippen molar-refractivity contribution in [3.63, 3.8) is 0 Å². The van der Waals surface area contributed by atoms with E-state index in [-0.39, 0.29) is 0 Å². The van der Waals surface area contributed by atoms with Crippen LogP contribution in [0.25, 0.3) is 0 Å². The van der Waals surface area contributed by atoms with Crippen molar-refractivity contribution in [1.82, 2.24) is 0 Å². The summed E-state index contributed by atoms with van der Waals surface area (Å²) in [6.07, 6.45) is 0.655. The Balaban J connectivity index is 1.16. The van der Waals surface area contributed by atoms with Gasteiger partial charge in [-0.05, 0) is 91.4 Å². The second-order valence-corrected chi connectivity index (χ2v) is 11.9. The number of nitrogens with one attached hydrogen (secondary N) is 1. The molecule has 0 atom stereocenters. The van der Waals surface area contributed by atoms with Gasteiger partial charge in [0, 0.05) is 21.9 Å². The smallest absolute Gasteiger partial charge is 0.261 e. The first-order valence-corrected chi connectivity index (χ1v) is 15.1. The van der Waals surface area contributed by atoms with E-state index in [4.69, 9.17) is 33.9 Å². The van der Waals surface area contributed by atoms with Gasteiger partial charge in [0.05, 0.1) is 0 Å². The molecule has 1 N–H and O–H groups in total. The average molecular weight is 576 g/mol. The maximum atomic E-state index is 5.81. The van der Waals surface area contributed by atoms with Crippen LogP contribution in [-0.4, -0.2) is 10.2 Å².